The number of fused-ring (bicyclic) bond motifs is 1. The summed E-state index contributed by atoms with van der Waals surface area (Å²) < 4.78 is 38.1. The van der Waals surface area contributed by atoms with Gasteiger partial charge in [-0.15, -0.1) is 0 Å². The first-order chi connectivity index (χ1) is 10.0. The fourth-order valence-corrected chi connectivity index (χ4v) is 2.47. The molecule has 0 unspecified atom stereocenters. The van der Waals surface area contributed by atoms with Crippen LogP contribution in [0.15, 0.2) is 41.4 Å². The maximum Gasteiger partial charge on any atom is 0.262 e. The Hall–Kier alpha value is -1.99. The van der Waals surface area contributed by atoms with E-state index in [-0.39, 0.29) is 18.3 Å². The zero-order valence-corrected chi connectivity index (χ0v) is 12.2. The summed E-state index contributed by atoms with van der Waals surface area (Å²) >= 11 is 0. The molecule has 21 heavy (non-hydrogen) atoms. The number of aromatic nitrogens is 1. The zero-order valence-electron chi connectivity index (χ0n) is 10.7. The molecule has 0 fully saturated rings. The fourth-order valence-electron chi connectivity index (χ4n) is 1.78. The van der Waals surface area contributed by atoms with Crippen molar-refractivity contribution in [3.8, 4) is 17.4 Å². The quantitative estimate of drug-likeness (QED) is 0.802. The van der Waals surface area contributed by atoms with E-state index in [1.54, 1.807) is 6.07 Å². The molecule has 2 aromatic rings. The van der Waals surface area contributed by atoms with Crippen molar-refractivity contribution in [3.05, 3.63) is 42.1 Å². The second kappa shape index (κ2) is 5.42. The summed E-state index contributed by atoms with van der Waals surface area (Å²) in [6, 6.07) is 8.26. The largest absolute Gasteiger partial charge is 0.473 e. The van der Waals surface area contributed by atoms with Crippen molar-refractivity contribution in [3.63, 3.8) is 0 Å². The van der Waals surface area contributed by atoms with Crippen molar-refractivity contribution < 1.29 is 22.6 Å². The van der Waals surface area contributed by atoms with Crippen LogP contribution >= 0.6 is 10.7 Å². The molecule has 0 bridgehead atoms. The molecular formula is C13H10ClNO5S. The van der Waals surface area contributed by atoms with Crippen LogP contribution in [0.2, 0.25) is 0 Å². The number of halogens is 1. The van der Waals surface area contributed by atoms with Crippen LogP contribution in [0.4, 0.5) is 0 Å². The van der Waals surface area contributed by atoms with Gasteiger partial charge in [0, 0.05) is 16.7 Å². The SMILES string of the molecule is O=S(=O)(Cl)c1ccc(OCc2ccc3c(c2)OCO3)nc1. The van der Waals surface area contributed by atoms with E-state index in [1.807, 2.05) is 12.1 Å². The van der Waals surface area contributed by atoms with Gasteiger partial charge in [-0.3, -0.25) is 0 Å². The molecule has 1 aliphatic heterocycles. The van der Waals surface area contributed by atoms with Gasteiger partial charge in [0.15, 0.2) is 11.5 Å². The highest BCUT2D eigenvalue weighted by Gasteiger charge is 2.14. The molecule has 0 aliphatic carbocycles. The average molecular weight is 328 g/mol. The molecule has 6 nitrogen and oxygen atoms in total. The molecule has 8 heteroatoms. The Kier molecular flexibility index (Phi) is 3.60. The van der Waals surface area contributed by atoms with Gasteiger partial charge < -0.3 is 14.2 Å². The summed E-state index contributed by atoms with van der Waals surface area (Å²) in [6.45, 7) is 0.492. The second-order valence-corrected chi connectivity index (χ2v) is 6.81. The lowest BCUT2D eigenvalue weighted by Crippen LogP contribution is -1.98. The van der Waals surface area contributed by atoms with Crippen molar-refractivity contribution in [2.75, 3.05) is 6.79 Å². The first kappa shape index (κ1) is 14.0. The molecule has 1 aromatic heterocycles. The summed E-state index contributed by atoms with van der Waals surface area (Å²) in [5, 5.41) is 0. The van der Waals surface area contributed by atoms with E-state index in [0.29, 0.717) is 17.4 Å². The molecule has 3 rings (SSSR count). The van der Waals surface area contributed by atoms with Gasteiger partial charge in [0.1, 0.15) is 11.5 Å². The highest BCUT2D eigenvalue weighted by atomic mass is 35.7. The van der Waals surface area contributed by atoms with Gasteiger partial charge in [0.2, 0.25) is 12.7 Å². The fraction of sp³-hybridized carbons (Fsp3) is 0.154. The van der Waals surface area contributed by atoms with Gasteiger partial charge in [-0.25, -0.2) is 13.4 Å². The lowest BCUT2D eigenvalue weighted by molar-refractivity contribution is 0.174. The molecule has 0 radical (unpaired) electrons. The van der Waals surface area contributed by atoms with Crippen LogP contribution in [0.25, 0.3) is 0 Å². The van der Waals surface area contributed by atoms with E-state index >= 15 is 0 Å². The van der Waals surface area contributed by atoms with Gasteiger partial charge in [0.25, 0.3) is 9.05 Å². The van der Waals surface area contributed by atoms with Crippen LogP contribution in [-0.2, 0) is 15.7 Å². The van der Waals surface area contributed by atoms with Crippen LogP contribution in [0.5, 0.6) is 17.4 Å². The third-order valence-electron chi connectivity index (χ3n) is 2.81. The van der Waals surface area contributed by atoms with Gasteiger partial charge in [-0.05, 0) is 23.8 Å². The molecule has 0 saturated carbocycles. The van der Waals surface area contributed by atoms with E-state index < -0.39 is 9.05 Å². The van der Waals surface area contributed by atoms with Gasteiger partial charge in [-0.1, -0.05) is 6.07 Å². The minimum absolute atomic E-state index is 0.0698. The Morgan fingerprint density at radius 1 is 1.19 bits per heavy atom. The van der Waals surface area contributed by atoms with Crippen molar-refractivity contribution in [2.24, 2.45) is 0 Å². The zero-order chi connectivity index (χ0) is 14.9. The molecule has 0 atom stereocenters. The van der Waals surface area contributed by atoms with Crippen LogP contribution in [0, 0.1) is 0 Å². The lowest BCUT2D eigenvalue weighted by Gasteiger charge is -2.06. The minimum Gasteiger partial charge on any atom is -0.473 e. The number of rotatable bonds is 4. The summed E-state index contributed by atoms with van der Waals surface area (Å²) in [5.74, 6) is 1.68. The highest BCUT2D eigenvalue weighted by Crippen LogP contribution is 2.32. The Morgan fingerprint density at radius 2 is 2.00 bits per heavy atom. The van der Waals surface area contributed by atoms with Crippen molar-refractivity contribution in [2.45, 2.75) is 11.5 Å². The number of ether oxygens (including phenoxy) is 3. The molecule has 0 spiro atoms. The predicted molar refractivity (Wildman–Crippen MR) is 74.2 cm³/mol. The Balaban J connectivity index is 1.68. The number of pyridine rings is 1. The number of hydrogen-bond acceptors (Lipinski definition) is 6. The lowest BCUT2D eigenvalue weighted by atomic mass is 10.2. The van der Waals surface area contributed by atoms with E-state index in [2.05, 4.69) is 4.98 Å². The van der Waals surface area contributed by atoms with Crippen molar-refractivity contribution in [1.29, 1.82) is 0 Å². The Morgan fingerprint density at radius 3 is 2.71 bits per heavy atom. The molecule has 0 amide bonds. The summed E-state index contributed by atoms with van der Waals surface area (Å²) in [5.41, 5.74) is 0.884. The summed E-state index contributed by atoms with van der Waals surface area (Å²) in [6.07, 6.45) is 1.15. The first-order valence-electron chi connectivity index (χ1n) is 5.94. The second-order valence-electron chi connectivity index (χ2n) is 4.25. The van der Waals surface area contributed by atoms with Crippen LogP contribution in [0.1, 0.15) is 5.56 Å². The minimum atomic E-state index is -3.77. The topological polar surface area (TPSA) is 74.7 Å². The molecule has 2 heterocycles. The predicted octanol–water partition coefficient (Wildman–Crippen LogP) is 2.32. The standard InChI is InChI=1S/C13H10ClNO5S/c14-21(16,17)10-2-4-13(15-6-10)18-7-9-1-3-11-12(5-9)20-8-19-11/h1-6H,7-8H2. The van der Waals surface area contributed by atoms with E-state index in [9.17, 15) is 8.42 Å². The highest BCUT2D eigenvalue weighted by molar-refractivity contribution is 8.13. The van der Waals surface area contributed by atoms with Gasteiger partial charge in [0.05, 0.1) is 6.20 Å². The third-order valence-corrected chi connectivity index (χ3v) is 4.15. The van der Waals surface area contributed by atoms with Crippen LogP contribution in [0.3, 0.4) is 0 Å². The smallest absolute Gasteiger partial charge is 0.262 e. The average Bonchev–Trinajstić information content (AvgIpc) is 2.92. The molecule has 1 aromatic carbocycles. The van der Waals surface area contributed by atoms with Crippen LogP contribution in [-0.4, -0.2) is 20.2 Å². The molecular weight excluding hydrogens is 318 g/mol. The monoisotopic (exact) mass is 327 g/mol. The molecule has 0 saturated heterocycles. The van der Waals surface area contributed by atoms with Gasteiger partial charge >= 0.3 is 0 Å². The first-order valence-corrected chi connectivity index (χ1v) is 8.25. The Labute approximate surface area is 125 Å². The third kappa shape index (κ3) is 3.20. The van der Waals surface area contributed by atoms with E-state index in [0.717, 1.165) is 11.8 Å². The number of hydrogen-bond donors (Lipinski definition) is 0. The van der Waals surface area contributed by atoms with E-state index in [1.165, 1.54) is 12.1 Å². The summed E-state index contributed by atoms with van der Waals surface area (Å²) in [4.78, 5) is 3.82. The van der Waals surface area contributed by atoms with Crippen LogP contribution < -0.4 is 14.2 Å². The number of nitrogens with zero attached hydrogens (tertiary/aromatic N) is 1. The molecule has 0 N–H and O–H groups in total. The maximum atomic E-state index is 11.1. The molecule has 1 aliphatic rings. The Bertz CT molecular complexity index is 761. The summed E-state index contributed by atoms with van der Waals surface area (Å²) in [7, 11) is 1.43. The van der Waals surface area contributed by atoms with Crippen molar-refractivity contribution in [1.82, 2.24) is 4.98 Å². The number of benzene rings is 1. The molecule has 110 valence electrons. The maximum absolute atomic E-state index is 11.1. The van der Waals surface area contributed by atoms with Crippen molar-refractivity contribution >= 4 is 19.7 Å². The van der Waals surface area contributed by atoms with E-state index in [4.69, 9.17) is 24.9 Å². The van der Waals surface area contributed by atoms with Gasteiger partial charge in [-0.2, -0.15) is 0 Å². The normalized spacial score (nSPS) is 13.2.